The van der Waals surface area contributed by atoms with E-state index >= 15 is 0 Å². The molecule has 2 rings (SSSR count). The van der Waals surface area contributed by atoms with Gasteiger partial charge >= 0.3 is 0 Å². The van der Waals surface area contributed by atoms with Crippen molar-refractivity contribution in [3.05, 3.63) is 58.4 Å². The van der Waals surface area contributed by atoms with Crippen molar-refractivity contribution in [2.24, 2.45) is 0 Å². The highest BCUT2D eigenvalue weighted by Gasteiger charge is 2.17. The molecule has 8 heteroatoms. The van der Waals surface area contributed by atoms with Crippen LogP contribution in [0.15, 0.2) is 30.3 Å². The maximum Gasteiger partial charge on any atom is 0.258 e. The molecule has 0 aromatic heterocycles. The van der Waals surface area contributed by atoms with E-state index in [2.05, 4.69) is 10.6 Å². The smallest absolute Gasteiger partial charge is 0.258 e. The maximum atomic E-state index is 13.7. The van der Waals surface area contributed by atoms with Crippen molar-refractivity contribution >= 4 is 34.8 Å². The van der Waals surface area contributed by atoms with Gasteiger partial charge in [-0.3, -0.25) is 9.59 Å². The van der Waals surface area contributed by atoms with E-state index in [0.717, 1.165) is 19.1 Å². The van der Waals surface area contributed by atoms with E-state index in [0.29, 0.717) is 12.1 Å². The molecule has 0 atom stereocenters. The SMILES string of the molecule is CC(=O)Nc1cc(F)c(F)cc1NC(=O)c1cc(Cl)ccc1F. The van der Waals surface area contributed by atoms with Gasteiger partial charge in [-0.2, -0.15) is 0 Å². The topological polar surface area (TPSA) is 58.2 Å². The summed E-state index contributed by atoms with van der Waals surface area (Å²) in [6, 6.07) is 4.73. The monoisotopic (exact) mass is 342 g/mol. The van der Waals surface area contributed by atoms with Gasteiger partial charge in [-0.25, -0.2) is 13.2 Å². The third-order valence-corrected chi connectivity index (χ3v) is 3.03. The third-order valence-electron chi connectivity index (χ3n) is 2.79. The number of nitrogens with one attached hydrogen (secondary N) is 2. The Balaban J connectivity index is 2.38. The van der Waals surface area contributed by atoms with Gasteiger partial charge in [-0.15, -0.1) is 0 Å². The summed E-state index contributed by atoms with van der Waals surface area (Å²) in [5.74, 6) is -4.76. The fraction of sp³-hybridized carbons (Fsp3) is 0.0667. The summed E-state index contributed by atoms with van der Waals surface area (Å²) in [5.41, 5.74) is -0.758. The van der Waals surface area contributed by atoms with Crippen LogP contribution in [-0.2, 0) is 4.79 Å². The number of halogens is 4. The predicted molar refractivity (Wildman–Crippen MR) is 80.0 cm³/mol. The summed E-state index contributed by atoms with van der Waals surface area (Å²) in [4.78, 5) is 23.2. The van der Waals surface area contributed by atoms with E-state index in [1.165, 1.54) is 6.07 Å². The fourth-order valence-electron chi connectivity index (χ4n) is 1.80. The second kappa shape index (κ2) is 6.70. The van der Waals surface area contributed by atoms with Crippen molar-refractivity contribution in [1.82, 2.24) is 0 Å². The number of amides is 2. The van der Waals surface area contributed by atoms with E-state index in [-0.39, 0.29) is 22.0 Å². The summed E-state index contributed by atoms with van der Waals surface area (Å²) in [5, 5.41) is 4.58. The number of carbonyl (C=O) groups is 2. The van der Waals surface area contributed by atoms with Crippen molar-refractivity contribution in [3.8, 4) is 0 Å². The highest BCUT2D eigenvalue weighted by atomic mass is 35.5. The summed E-state index contributed by atoms with van der Waals surface area (Å²) in [6.45, 7) is 1.16. The lowest BCUT2D eigenvalue weighted by atomic mass is 10.1. The summed E-state index contributed by atoms with van der Waals surface area (Å²) in [6.07, 6.45) is 0. The highest BCUT2D eigenvalue weighted by Crippen LogP contribution is 2.26. The largest absolute Gasteiger partial charge is 0.324 e. The highest BCUT2D eigenvalue weighted by molar-refractivity contribution is 6.31. The molecule has 2 N–H and O–H groups in total. The third kappa shape index (κ3) is 4.01. The Morgan fingerprint density at radius 3 is 2.04 bits per heavy atom. The van der Waals surface area contributed by atoms with Gasteiger partial charge in [0.15, 0.2) is 11.6 Å². The van der Waals surface area contributed by atoms with Crippen molar-refractivity contribution in [2.75, 3.05) is 10.6 Å². The van der Waals surface area contributed by atoms with Gasteiger partial charge in [0, 0.05) is 24.1 Å². The molecule has 0 saturated carbocycles. The van der Waals surface area contributed by atoms with Gasteiger partial charge in [0.2, 0.25) is 5.91 Å². The molecule has 2 amide bonds. The molecule has 23 heavy (non-hydrogen) atoms. The van der Waals surface area contributed by atoms with Crippen LogP contribution in [0.3, 0.4) is 0 Å². The average molecular weight is 343 g/mol. The molecule has 0 bridgehead atoms. The zero-order valence-corrected chi connectivity index (χ0v) is 12.5. The molecule has 0 saturated heterocycles. The van der Waals surface area contributed by atoms with Crippen LogP contribution in [0.1, 0.15) is 17.3 Å². The lowest BCUT2D eigenvalue weighted by Gasteiger charge is -2.12. The second-order valence-corrected chi connectivity index (χ2v) is 5.01. The van der Waals surface area contributed by atoms with Gasteiger partial charge in [0.05, 0.1) is 16.9 Å². The molecule has 0 aliphatic rings. The minimum atomic E-state index is -1.24. The Morgan fingerprint density at radius 1 is 0.913 bits per heavy atom. The van der Waals surface area contributed by atoms with E-state index in [9.17, 15) is 22.8 Å². The first-order chi connectivity index (χ1) is 10.8. The molecule has 2 aromatic carbocycles. The number of rotatable bonds is 3. The van der Waals surface area contributed by atoms with Gasteiger partial charge < -0.3 is 10.6 Å². The maximum absolute atomic E-state index is 13.7. The normalized spacial score (nSPS) is 10.3. The quantitative estimate of drug-likeness (QED) is 0.886. The summed E-state index contributed by atoms with van der Waals surface area (Å²) < 4.78 is 40.3. The summed E-state index contributed by atoms with van der Waals surface area (Å²) in [7, 11) is 0. The van der Waals surface area contributed by atoms with Crippen molar-refractivity contribution in [2.45, 2.75) is 6.92 Å². The Bertz CT molecular complexity index is 797. The van der Waals surface area contributed by atoms with Crippen molar-refractivity contribution in [3.63, 3.8) is 0 Å². The Kier molecular flexibility index (Phi) is 4.90. The van der Waals surface area contributed by atoms with Gasteiger partial charge in [-0.05, 0) is 18.2 Å². The van der Waals surface area contributed by atoms with Crippen LogP contribution in [0, 0.1) is 17.5 Å². The Labute approximate surface area is 134 Å². The molecule has 120 valence electrons. The first kappa shape index (κ1) is 16.8. The van der Waals surface area contributed by atoms with E-state index < -0.39 is 29.3 Å². The fourth-order valence-corrected chi connectivity index (χ4v) is 1.98. The predicted octanol–water partition coefficient (Wildman–Crippen LogP) is 3.97. The van der Waals surface area contributed by atoms with Crippen LogP contribution in [0.4, 0.5) is 24.5 Å². The molecule has 4 nitrogen and oxygen atoms in total. The molecule has 0 fully saturated rings. The second-order valence-electron chi connectivity index (χ2n) is 4.57. The van der Waals surface area contributed by atoms with Crippen LogP contribution in [-0.4, -0.2) is 11.8 Å². The van der Waals surface area contributed by atoms with Crippen LogP contribution in [0.5, 0.6) is 0 Å². The zero-order valence-electron chi connectivity index (χ0n) is 11.7. The number of anilines is 2. The zero-order chi connectivity index (χ0) is 17.1. The van der Waals surface area contributed by atoms with Crippen molar-refractivity contribution < 1.29 is 22.8 Å². The first-order valence-electron chi connectivity index (χ1n) is 6.31. The summed E-state index contributed by atoms with van der Waals surface area (Å²) >= 11 is 5.70. The van der Waals surface area contributed by atoms with Crippen LogP contribution in [0.2, 0.25) is 5.02 Å². The minimum absolute atomic E-state index is 0.129. The van der Waals surface area contributed by atoms with Gasteiger partial charge in [0.25, 0.3) is 5.91 Å². The van der Waals surface area contributed by atoms with Crippen LogP contribution in [0.25, 0.3) is 0 Å². The number of carbonyl (C=O) groups excluding carboxylic acids is 2. The first-order valence-corrected chi connectivity index (χ1v) is 6.68. The minimum Gasteiger partial charge on any atom is -0.324 e. The number of hydrogen-bond donors (Lipinski definition) is 2. The molecular formula is C15H10ClF3N2O2. The molecule has 0 heterocycles. The standard InChI is InChI=1S/C15H10ClF3N2O2/c1-7(22)20-13-5-11(18)12(19)6-14(13)21-15(23)9-4-8(16)2-3-10(9)17/h2-6H,1H3,(H,20,22)(H,21,23). The van der Waals surface area contributed by atoms with Crippen LogP contribution >= 0.6 is 11.6 Å². The van der Waals surface area contributed by atoms with Gasteiger partial charge in [-0.1, -0.05) is 11.6 Å². The van der Waals surface area contributed by atoms with Gasteiger partial charge in [0.1, 0.15) is 5.82 Å². The van der Waals surface area contributed by atoms with E-state index in [4.69, 9.17) is 11.6 Å². The molecule has 0 aliphatic carbocycles. The molecule has 0 aliphatic heterocycles. The number of benzene rings is 2. The Hall–Kier alpha value is -2.54. The van der Waals surface area contributed by atoms with Crippen LogP contribution < -0.4 is 10.6 Å². The molecule has 0 radical (unpaired) electrons. The lowest BCUT2D eigenvalue weighted by Crippen LogP contribution is -2.17. The lowest BCUT2D eigenvalue weighted by molar-refractivity contribution is -0.114. The Morgan fingerprint density at radius 2 is 1.48 bits per heavy atom. The van der Waals surface area contributed by atoms with E-state index in [1.807, 2.05) is 0 Å². The van der Waals surface area contributed by atoms with Crippen molar-refractivity contribution in [1.29, 1.82) is 0 Å². The molecule has 0 unspecified atom stereocenters. The molecular weight excluding hydrogens is 333 g/mol. The van der Waals surface area contributed by atoms with E-state index in [1.54, 1.807) is 0 Å². The molecule has 0 spiro atoms. The number of hydrogen-bond acceptors (Lipinski definition) is 2. The average Bonchev–Trinajstić information content (AvgIpc) is 2.46. The molecule has 2 aromatic rings.